The molecule has 0 bridgehead atoms. The number of rotatable bonds is 10. The van der Waals surface area contributed by atoms with E-state index in [0.717, 1.165) is 56.3 Å². The summed E-state index contributed by atoms with van der Waals surface area (Å²) < 4.78 is 5.73. The maximum atomic E-state index is 11.5. The summed E-state index contributed by atoms with van der Waals surface area (Å²) in [6.07, 6.45) is 1.92. The number of carbonyl (C=O) groups is 1. The molecule has 0 saturated carbocycles. The summed E-state index contributed by atoms with van der Waals surface area (Å²) >= 11 is 0. The number of likely N-dealkylation sites (tertiary alicyclic amines) is 1. The first-order chi connectivity index (χ1) is 15.6. The fraction of sp³-hybridized carbons (Fsp3) is 0.440. The lowest BCUT2D eigenvalue weighted by Crippen LogP contribution is -2.40. The second-order valence-corrected chi connectivity index (χ2v) is 8.08. The average molecular weight is 566 g/mol. The molecular formula is C25H36IN5O2. The van der Waals surface area contributed by atoms with Crippen LogP contribution in [0.3, 0.4) is 0 Å². The molecule has 3 rings (SSSR count). The van der Waals surface area contributed by atoms with Crippen molar-refractivity contribution in [3.63, 3.8) is 0 Å². The summed E-state index contributed by atoms with van der Waals surface area (Å²) in [6, 6.07) is 18.3. The SMILES string of the molecule is CCNC(=NCc1cccc(CN2CCCC(C(N)=O)C2)c1)NCCOc1ccccc1.I. The van der Waals surface area contributed by atoms with Gasteiger partial charge in [-0.2, -0.15) is 0 Å². The van der Waals surface area contributed by atoms with Crippen LogP contribution < -0.4 is 21.1 Å². The number of guanidine groups is 1. The van der Waals surface area contributed by atoms with Crippen LogP contribution in [0.1, 0.15) is 30.9 Å². The van der Waals surface area contributed by atoms with Gasteiger partial charge in [-0.3, -0.25) is 9.69 Å². The van der Waals surface area contributed by atoms with Crippen molar-refractivity contribution >= 4 is 35.8 Å². The van der Waals surface area contributed by atoms with Crippen molar-refractivity contribution in [1.29, 1.82) is 0 Å². The zero-order chi connectivity index (χ0) is 22.6. The van der Waals surface area contributed by atoms with E-state index in [0.29, 0.717) is 19.7 Å². The number of piperidine rings is 1. The third-order valence-corrected chi connectivity index (χ3v) is 5.48. The number of carbonyl (C=O) groups excluding carboxylic acids is 1. The highest BCUT2D eigenvalue weighted by molar-refractivity contribution is 14.0. The molecule has 2 aromatic carbocycles. The van der Waals surface area contributed by atoms with Gasteiger partial charge in [0, 0.05) is 19.6 Å². The van der Waals surface area contributed by atoms with Crippen molar-refractivity contribution in [2.45, 2.75) is 32.9 Å². The number of amides is 1. The second-order valence-electron chi connectivity index (χ2n) is 8.08. The standard InChI is InChI=1S/C25H35N5O2.HI/c1-2-27-25(28-13-15-32-23-11-4-3-5-12-23)29-17-20-8-6-9-21(16-20)18-30-14-7-10-22(19-30)24(26)31;/h3-6,8-9,11-12,16,22H,2,7,10,13-15,17-19H2,1H3,(H2,26,31)(H2,27,28,29);1H. The van der Waals surface area contributed by atoms with E-state index in [1.165, 1.54) is 5.56 Å². The normalized spacial score (nSPS) is 16.5. The van der Waals surface area contributed by atoms with E-state index in [2.05, 4.69) is 46.7 Å². The van der Waals surface area contributed by atoms with Crippen LogP contribution in [0.15, 0.2) is 59.6 Å². The van der Waals surface area contributed by atoms with Gasteiger partial charge in [0.2, 0.25) is 5.91 Å². The van der Waals surface area contributed by atoms with Crippen LogP contribution in [-0.4, -0.2) is 49.6 Å². The monoisotopic (exact) mass is 565 g/mol. The fourth-order valence-corrected chi connectivity index (χ4v) is 3.88. The maximum absolute atomic E-state index is 11.5. The third kappa shape index (κ3) is 9.59. The van der Waals surface area contributed by atoms with Crippen molar-refractivity contribution in [3.8, 4) is 5.75 Å². The van der Waals surface area contributed by atoms with E-state index in [1.54, 1.807) is 0 Å². The Bertz CT molecular complexity index is 878. The number of hydrogen-bond donors (Lipinski definition) is 3. The molecule has 1 saturated heterocycles. The molecule has 1 aliphatic rings. The number of hydrogen-bond acceptors (Lipinski definition) is 4. The van der Waals surface area contributed by atoms with Gasteiger partial charge in [0.15, 0.2) is 5.96 Å². The van der Waals surface area contributed by atoms with Crippen molar-refractivity contribution in [2.75, 3.05) is 32.8 Å². The summed E-state index contributed by atoms with van der Waals surface area (Å²) in [4.78, 5) is 18.6. The number of nitrogens with zero attached hydrogens (tertiary/aromatic N) is 2. The summed E-state index contributed by atoms with van der Waals surface area (Å²) in [6.45, 7) is 7.24. The van der Waals surface area contributed by atoms with Gasteiger partial charge in [-0.05, 0) is 49.6 Å². The Morgan fingerprint density at radius 2 is 1.94 bits per heavy atom. The van der Waals surface area contributed by atoms with Crippen molar-refractivity contribution in [1.82, 2.24) is 15.5 Å². The average Bonchev–Trinajstić information content (AvgIpc) is 2.81. The Balaban J connectivity index is 0.00000385. The fourth-order valence-electron chi connectivity index (χ4n) is 3.88. The van der Waals surface area contributed by atoms with Gasteiger partial charge in [0.05, 0.1) is 19.0 Å². The van der Waals surface area contributed by atoms with E-state index in [9.17, 15) is 4.79 Å². The predicted molar refractivity (Wildman–Crippen MR) is 144 cm³/mol. The van der Waals surface area contributed by atoms with Crippen LogP contribution in [0.5, 0.6) is 5.75 Å². The quantitative estimate of drug-likeness (QED) is 0.178. The van der Waals surface area contributed by atoms with Crippen LogP contribution in [-0.2, 0) is 17.9 Å². The summed E-state index contributed by atoms with van der Waals surface area (Å²) in [5.74, 6) is 1.42. The lowest BCUT2D eigenvalue weighted by atomic mass is 9.97. The minimum Gasteiger partial charge on any atom is -0.492 e. The molecule has 1 aliphatic heterocycles. The largest absolute Gasteiger partial charge is 0.492 e. The van der Waals surface area contributed by atoms with E-state index in [1.807, 2.05) is 30.3 Å². The first kappa shape index (κ1) is 26.9. The van der Waals surface area contributed by atoms with Gasteiger partial charge in [-0.1, -0.05) is 42.5 Å². The molecular weight excluding hydrogens is 529 g/mol. The van der Waals surface area contributed by atoms with E-state index in [4.69, 9.17) is 15.5 Å². The van der Waals surface area contributed by atoms with Gasteiger partial charge in [-0.15, -0.1) is 24.0 Å². The first-order valence-corrected chi connectivity index (χ1v) is 11.4. The van der Waals surface area contributed by atoms with E-state index >= 15 is 0 Å². The molecule has 180 valence electrons. The molecule has 4 N–H and O–H groups in total. The molecule has 2 aromatic rings. The molecule has 0 radical (unpaired) electrons. The van der Waals surface area contributed by atoms with Crippen molar-refractivity contribution in [2.24, 2.45) is 16.6 Å². The molecule has 1 amide bonds. The molecule has 1 atom stereocenters. The van der Waals surface area contributed by atoms with Gasteiger partial charge in [0.1, 0.15) is 12.4 Å². The molecule has 1 fully saturated rings. The topological polar surface area (TPSA) is 92.0 Å². The number of primary amides is 1. The predicted octanol–water partition coefficient (Wildman–Crippen LogP) is 3.14. The minimum atomic E-state index is -0.185. The molecule has 0 spiro atoms. The number of ether oxygens (including phenoxy) is 1. The summed E-state index contributed by atoms with van der Waals surface area (Å²) in [7, 11) is 0. The number of aliphatic imine (C=N–C) groups is 1. The Kier molecular flexibility index (Phi) is 12.0. The highest BCUT2D eigenvalue weighted by Crippen LogP contribution is 2.19. The number of para-hydroxylation sites is 1. The van der Waals surface area contributed by atoms with Gasteiger partial charge in [0.25, 0.3) is 0 Å². The summed E-state index contributed by atoms with van der Waals surface area (Å²) in [5, 5.41) is 6.60. The minimum absolute atomic E-state index is 0. The van der Waals surface area contributed by atoms with Crippen molar-refractivity contribution in [3.05, 3.63) is 65.7 Å². The lowest BCUT2D eigenvalue weighted by Gasteiger charge is -2.31. The van der Waals surface area contributed by atoms with Crippen LogP contribution in [0, 0.1) is 5.92 Å². The lowest BCUT2D eigenvalue weighted by molar-refractivity contribution is -0.123. The van der Waals surface area contributed by atoms with E-state index < -0.39 is 0 Å². The zero-order valence-electron chi connectivity index (χ0n) is 19.3. The third-order valence-electron chi connectivity index (χ3n) is 5.48. The molecule has 33 heavy (non-hydrogen) atoms. The Morgan fingerprint density at radius 3 is 2.70 bits per heavy atom. The van der Waals surface area contributed by atoms with Crippen LogP contribution in [0.25, 0.3) is 0 Å². The smallest absolute Gasteiger partial charge is 0.221 e. The van der Waals surface area contributed by atoms with Gasteiger partial charge < -0.3 is 21.1 Å². The van der Waals surface area contributed by atoms with Gasteiger partial charge >= 0.3 is 0 Å². The summed E-state index contributed by atoms with van der Waals surface area (Å²) in [5.41, 5.74) is 7.90. The van der Waals surface area contributed by atoms with Crippen LogP contribution in [0.2, 0.25) is 0 Å². The van der Waals surface area contributed by atoms with Gasteiger partial charge in [-0.25, -0.2) is 4.99 Å². The second kappa shape index (κ2) is 14.7. The highest BCUT2D eigenvalue weighted by atomic mass is 127. The van der Waals surface area contributed by atoms with Crippen LogP contribution >= 0.6 is 24.0 Å². The molecule has 7 nitrogen and oxygen atoms in total. The zero-order valence-corrected chi connectivity index (χ0v) is 21.7. The molecule has 0 aromatic heterocycles. The van der Waals surface area contributed by atoms with E-state index in [-0.39, 0.29) is 35.8 Å². The molecule has 0 aliphatic carbocycles. The Morgan fingerprint density at radius 1 is 1.15 bits per heavy atom. The van der Waals surface area contributed by atoms with Crippen molar-refractivity contribution < 1.29 is 9.53 Å². The Labute approximate surface area is 214 Å². The number of nitrogens with two attached hydrogens (primary N) is 1. The molecule has 1 heterocycles. The maximum Gasteiger partial charge on any atom is 0.221 e. The number of halogens is 1. The Hall–Kier alpha value is -2.33. The van der Waals surface area contributed by atoms with Crippen LogP contribution in [0.4, 0.5) is 0 Å². The first-order valence-electron chi connectivity index (χ1n) is 11.4. The highest BCUT2D eigenvalue weighted by Gasteiger charge is 2.23. The molecule has 1 unspecified atom stereocenters. The number of benzene rings is 2. The molecule has 8 heteroatoms. The number of nitrogens with one attached hydrogen (secondary N) is 2.